The van der Waals surface area contributed by atoms with Crippen molar-refractivity contribution in [2.75, 3.05) is 17.4 Å². The van der Waals surface area contributed by atoms with Crippen molar-refractivity contribution in [2.24, 2.45) is 0 Å². The smallest absolute Gasteiger partial charge is 0.264 e. The SMILES string of the molecule is O=S(=O)(c1ccccc1)N(CC(O)C[NH+](Cc1ccccc1)Cc1ccccc1)c1cccc2ccccc12. The zero-order chi connectivity index (χ0) is 27.1. The molecule has 0 aliphatic carbocycles. The number of aliphatic hydroxyl groups excluding tert-OH is 1. The summed E-state index contributed by atoms with van der Waals surface area (Å²) in [6.07, 6.45) is -0.898. The van der Waals surface area contributed by atoms with Crippen LogP contribution in [0.3, 0.4) is 0 Å². The number of benzene rings is 5. The molecular weight excluding hydrogens is 504 g/mol. The summed E-state index contributed by atoms with van der Waals surface area (Å²) in [4.78, 5) is 1.35. The highest BCUT2D eigenvalue weighted by molar-refractivity contribution is 7.92. The van der Waals surface area contributed by atoms with E-state index in [2.05, 4.69) is 24.3 Å². The van der Waals surface area contributed by atoms with Crippen LogP contribution in [-0.2, 0) is 23.1 Å². The minimum absolute atomic E-state index is 0.0572. The summed E-state index contributed by atoms with van der Waals surface area (Å²) < 4.78 is 29.3. The molecule has 0 saturated carbocycles. The molecule has 39 heavy (non-hydrogen) atoms. The molecule has 0 aliphatic rings. The lowest BCUT2D eigenvalue weighted by molar-refractivity contribution is -0.930. The monoisotopic (exact) mass is 537 g/mol. The van der Waals surface area contributed by atoms with Gasteiger partial charge >= 0.3 is 0 Å². The number of anilines is 1. The van der Waals surface area contributed by atoms with Crippen LogP contribution in [0.15, 0.2) is 138 Å². The Morgan fingerprint density at radius 2 is 1.15 bits per heavy atom. The Kier molecular flexibility index (Phi) is 8.37. The van der Waals surface area contributed by atoms with Crippen LogP contribution in [0.2, 0.25) is 0 Å². The molecule has 1 atom stereocenters. The molecule has 198 valence electrons. The maximum absolute atomic E-state index is 14.0. The van der Waals surface area contributed by atoms with Crippen molar-refractivity contribution in [2.45, 2.75) is 24.1 Å². The normalized spacial score (nSPS) is 12.5. The van der Waals surface area contributed by atoms with E-state index in [0.717, 1.165) is 15.7 Å². The Hall–Kier alpha value is -3.97. The summed E-state index contributed by atoms with van der Waals surface area (Å²) in [6.45, 7) is 1.76. The fourth-order valence-electron chi connectivity index (χ4n) is 5.04. The highest BCUT2D eigenvalue weighted by atomic mass is 32.2. The van der Waals surface area contributed by atoms with Crippen LogP contribution >= 0.6 is 0 Å². The summed E-state index contributed by atoms with van der Waals surface area (Å²) in [7, 11) is -3.93. The van der Waals surface area contributed by atoms with E-state index >= 15 is 0 Å². The lowest BCUT2D eigenvalue weighted by Gasteiger charge is -2.29. The van der Waals surface area contributed by atoms with Crippen molar-refractivity contribution in [1.82, 2.24) is 0 Å². The van der Waals surface area contributed by atoms with Gasteiger partial charge in [0.25, 0.3) is 10.0 Å². The van der Waals surface area contributed by atoms with Gasteiger partial charge in [0.15, 0.2) is 0 Å². The third-order valence-corrected chi connectivity index (χ3v) is 8.66. The van der Waals surface area contributed by atoms with Crippen molar-refractivity contribution in [1.29, 1.82) is 0 Å². The predicted octanol–water partition coefficient (Wildman–Crippen LogP) is 4.68. The fraction of sp³-hybridized carbons (Fsp3) is 0.152. The minimum Gasteiger partial charge on any atom is -0.385 e. The molecule has 0 saturated heterocycles. The molecule has 0 aromatic heterocycles. The molecule has 0 fully saturated rings. The van der Waals surface area contributed by atoms with Gasteiger partial charge in [0.2, 0.25) is 0 Å². The second kappa shape index (κ2) is 12.3. The first-order valence-corrected chi connectivity index (χ1v) is 14.6. The number of aliphatic hydroxyl groups is 1. The zero-order valence-electron chi connectivity index (χ0n) is 21.7. The Morgan fingerprint density at radius 1 is 0.641 bits per heavy atom. The third-order valence-electron chi connectivity index (χ3n) is 6.86. The summed E-state index contributed by atoms with van der Waals surface area (Å²) in [6, 6.07) is 42.2. The number of nitrogens with one attached hydrogen (secondary N) is 1. The number of nitrogens with zero attached hydrogens (tertiary/aromatic N) is 1. The molecule has 0 radical (unpaired) electrons. The van der Waals surface area contributed by atoms with Gasteiger partial charge in [0.1, 0.15) is 25.7 Å². The van der Waals surface area contributed by atoms with E-state index < -0.39 is 16.1 Å². The van der Waals surface area contributed by atoms with E-state index in [1.807, 2.05) is 78.9 Å². The molecule has 0 heterocycles. The molecule has 0 aliphatic heterocycles. The van der Waals surface area contributed by atoms with E-state index in [4.69, 9.17) is 0 Å². The first kappa shape index (κ1) is 26.6. The average molecular weight is 538 g/mol. The molecule has 5 aromatic rings. The van der Waals surface area contributed by atoms with E-state index in [-0.39, 0.29) is 11.4 Å². The second-order valence-electron chi connectivity index (χ2n) is 9.78. The molecule has 0 bridgehead atoms. The van der Waals surface area contributed by atoms with Crippen LogP contribution in [0.1, 0.15) is 11.1 Å². The summed E-state index contributed by atoms with van der Waals surface area (Å²) in [5.41, 5.74) is 2.89. The lowest BCUT2D eigenvalue weighted by atomic mass is 10.1. The van der Waals surface area contributed by atoms with E-state index in [1.165, 1.54) is 15.4 Å². The molecule has 0 amide bonds. The highest BCUT2D eigenvalue weighted by Gasteiger charge is 2.30. The van der Waals surface area contributed by atoms with Gasteiger partial charge in [-0.1, -0.05) is 115 Å². The number of hydrogen-bond acceptors (Lipinski definition) is 3. The Balaban J connectivity index is 1.47. The van der Waals surface area contributed by atoms with Crippen molar-refractivity contribution in [3.63, 3.8) is 0 Å². The van der Waals surface area contributed by atoms with Crippen LogP contribution in [0.25, 0.3) is 10.8 Å². The van der Waals surface area contributed by atoms with Crippen molar-refractivity contribution >= 4 is 26.5 Å². The third kappa shape index (κ3) is 6.55. The molecule has 0 spiro atoms. The first-order chi connectivity index (χ1) is 19.0. The summed E-state index contributed by atoms with van der Waals surface area (Å²) in [5.74, 6) is 0. The molecule has 2 N–H and O–H groups in total. The van der Waals surface area contributed by atoms with E-state index in [0.29, 0.717) is 25.3 Å². The molecule has 5 nitrogen and oxygen atoms in total. The summed E-state index contributed by atoms with van der Waals surface area (Å²) in [5, 5.41) is 13.2. The largest absolute Gasteiger partial charge is 0.385 e. The van der Waals surface area contributed by atoms with E-state index in [9.17, 15) is 13.5 Å². The molecule has 5 aromatic carbocycles. The minimum atomic E-state index is -3.93. The fourth-order valence-corrected chi connectivity index (χ4v) is 6.58. The van der Waals surface area contributed by atoms with Crippen molar-refractivity contribution in [3.8, 4) is 0 Å². The number of quaternary nitrogens is 1. The summed E-state index contributed by atoms with van der Waals surface area (Å²) >= 11 is 0. The number of rotatable bonds is 11. The zero-order valence-corrected chi connectivity index (χ0v) is 22.5. The number of sulfonamides is 1. The van der Waals surface area contributed by atoms with Crippen molar-refractivity contribution < 1.29 is 18.4 Å². The molecule has 1 unspecified atom stereocenters. The van der Waals surface area contributed by atoms with Gasteiger partial charge < -0.3 is 10.0 Å². The average Bonchev–Trinajstić information content (AvgIpc) is 2.97. The van der Waals surface area contributed by atoms with Gasteiger partial charge in [-0.2, -0.15) is 0 Å². The van der Waals surface area contributed by atoms with Crippen LogP contribution in [0.4, 0.5) is 5.69 Å². The van der Waals surface area contributed by atoms with Gasteiger partial charge in [-0.05, 0) is 23.6 Å². The Bertz CT molecular complexity index is 1550. The first-order valence-electron chi connectivity index (χ1n) is 13.2. The van der Waals surface area contributed by atoms with Crippen LogP contribution in [0.5, 0.6) is 0 Å². The van der Waals surface area contributed by atoms with E-state index in [1.54, 1.807) is 30.3 Å². The van der Waals surface area contributed by atoms with Crippen LogP contribution in [-0.4, -0.2) is 32.7 Å². The Labute approximate surface area is 230 Å². The highest BCUT2D eigenvalue weighted by Crippen LogP contribution is 2.31. The maximum atomic E-state index is 14.0. The predicted molar refractivity (Wildman–Crippen MR) is 157 cm³/mol. The molecule has 6 heteroatoms. The van der Waals surface area contributed by atoms with Gasteiger partial charge in [-0.3, -0.25) is 4.31 Å². The van der Waals surface area contributed by atoms with Gasteiger partial charge in [-0.25, -0.2) is 8.42 Å². The quantitative estimate of drug-likeness (QED) is 0.257. The van der Waals surface area contributed by atoms with Gasteiger partial charge in [0, 0.05) is 16.5 Å². The molecular formula is C33H33N2O3S+. The van der Waals surface area contributed by atoms with Crippen molar-refractivity contribution in [3.05, 3.63) is 145 Å². The Morgan fingerprint density at radius 3 is 1.77 bits per heavy atom. The second-order valence-corrected chi connectivity index (χ2v) is 11.6. The number of fused-ring (bicyclic) bond motifs is 1. The van der Waals surface area contributed by atoms with Gasteiger partial charge in [0.05, 0.1) is 17.1 Å². The topological polar surface area (TPSA) is 62.0 Å². The lowest BCUT2D eigenvalue weighted by Crippen LogP contribution is -3.10. The van der Waals surface area contributed by atoms with Crippen LogP contribution in [0, 0.1) is 0 Å². The van der Waals surface area contributed by atoms with Crippen LogP contribution < -0.4 is 9.21 Å². The maximum Gasteiger partial charge on any atom is 0.264 e. The molecule has 5 rings (SSSR count). The number of hydrogen-bond donors (Lipinski definition) is 2. The standard InChI is InChI=1S/C33H32N2O3S/c36-30(25-34(23-27-13-4-1-5-14-27)24-28-15-6-2-7-16-28)26-35(39(37,38)31-19-8-3-9-20-31)33-22-12-18-29-17-10-11-21-32(29)33/h1-22,30,36H,23-26H2/p+1. The van der Waals surface area contributed by atoms with Gasteiger partial charge in [-0.15, -0.1) is 0 Å².